The second-order valence-corrected chi connectivity index (χ2v) is 7.81. The van der Waals surface area contributed by atoms with E-state index < -0.39 is 17.6 Å². The summed E-state index contributed by atoms with van der Waals surface area (Å²) in [4.78, 5) is 25.7. The van der Waals surface area contributed by atoms with E-state index in [4.69, 9.17) is 0 Å². The van der Waals surface area contributed by atoms with Crippen molar-refractivity contribution in [1.29, 1.82) is 0 Å². The zero-order valence-corrected chi connectivity index (χ0v) is 17.3. The molecule has 4 rings (SSSR count). The number of carbonyl (C=O) groups is 1. The zero-order valence-electron chi connectivity index (χ0n) is 16.5. The first-order chi connectivity index (χ1) is 15.2. The van der Waals surface area contributed by atoms with Crippen LogP contribution >= 0.6 is 11.3 Å². The third-order valence-electron chi connectivity index (χ3n) is 4.48. The van der Waals surface area contributed by atoms with Crippen LogP contribution in [0.4, 0.5) is 18.9 Å². The molecule has 0 atom stereocenters. The molecule has 0 aliphatic carbocycles. The maximum atomic E-state index is 12.8. The van der Waals surface area contributed by atoms with Crippen LogP contribution in [0.2, 0.25) is 0 Å². The Morgan fingerprint density at radius 3 is 2.34 bits per heavy atom. The van der Waals surface area contributed by atoms with E-state index in [-0.39, 0.29) is 5.75 Å². The number of carbonyl (C=O) groups excluding carboxylic acids is 1. The number of aryl methyl sites for hydroxylation is 1. The summed E-state index contributed by atoms with van der Waals surface area (Å²) in [6.07, 6.45) is -1.53. The first-order valence-electron chi connectivity index (χ1n) is 9.28. The number of hydrogen-bond acceptors (Lipinski definition) is 6. The highest BCUT2D eigenvalue weighted by atomic mass is 32.1. The molecule has 1 amide bonds. The predicted molar refractivity (Wildman–Crippen MR) is 114 cm³/mol. The molecular weight excluding hydrogens is 441 g/mol. The Labute approximate surface area is 184 Å². The molecule has 0 spiro atoms. The topological polar surface area (TPSA) is 88.0 Å². The smallest absolute Gasteiger partial charge is 0.416 e. The largest absolute Gasteiger partial charge is 0.508 e. The van der Waals surface area contributed by atoms with Crippen LogP contribution in [0.25, 0.3) is 22.0 Å². The number of benzene rings is 2. The maximum absolute atomic E-state index is 12.8. The van der Waals surface area contributed by atoms with Gasteiger partial charge in [-0.1, -0.05) is 24.3 Å². The van der Waals surface area contributed by atoms with Crippen molar-refractivity contribution >= 4 is 22.9 Å². The summed E-state index contributed by atoms with van der Waals surface area (Å²) < 4.78 is 38.3. The van der Waals surface area contributed by atoms with Gasteiger partial charge >= 0.3 is 6.18 Å². The number of thiazole rings is 1. The number of aromatic hydroxyl groups is 1. The molecule has 2 aromatic carbocycles. The molecule has 0 fully saturated rings. The number of aromatic nitrogens is 3. The Balaban J connectivity index is 1.50. The van der Waals surface area contributed by atoms with Gasteiger partial charge in [-0.25, -0.2) is 15.0 Å². The number of rotatable bonds is 4. The number of halogens is 3. The van der Waals surface area contributed by atoms with E-state index in [1.807, 2.05) is 0 Å². The molecule has 0 saturated carbocycles. The molecule has 162 valence electrons. The first-order valence-corrected chi connectivity index (χ1v) is 10.1. The number of amides is 1. The Morgan fingerprint density at radius 2 is 1.72 bits per heavy atom. The SMILES string of the molecule is Cc1nc(-c2ccc(C(F)(F)F)cc2)sc1C(=O)Nc1cnc(-c2cccc(O)c2)nc1. The van der Waals surface area contributed by atoms with E-state index in [0.29, 0.717) is 38.2 Å². The fraction of sp³-hybridized carbons (Fsp3) is 0.0909. The van der Waals surface area contributed by atoms with Crippen molar-refractivity contribution in [2.75, 3.05) is 5.32 Å². The summed E-state index contributed by atoms with van der Waals surface area (Å²) in [5.41, 5.74) is 1.19. The molecule has 2 N–H and O–H groups in total. The van der Waals surface area contributed by atoms with Crippen LogP contribution in [0.15, 0.2) is 60.9 Å². The Morgan fingerprint density at radius 1 is 1.03 bits per heavy atom. The van der Waals surface area contributed by atoms with Crippen molar-refractivity contribution in [3.8, 4) is 27.7 Å². The lowest BCUT2D eigenvalue weighted by Gasteiger charge is -2.06. The number of alkyl halides is 3. The molecule has 0 bridgehead atoms. The molecular formula is C22H15F3N4O2S. The van der Waals surface area contributed by atoms with E-state index in [1.54, 1.807) is 19.1 Å². The minimum absolute atomic E-state index is 0.0907. The molecule has 6 nitrogen and oxygen atoms in total. The van der Waals surface area contributed by atoms with Gasteiger partial charge in [0.15, 0.2) is 5.82 Å². The third-order valence-corrected chi connectivity index (χ3v) is 5.68. The quantitative estimate of drug-likeness (QED) is 0.420. The lowest BCUT2D eigenvalue weighted by atomic mass is 10.1. The highest BCUT2D eigenvalue weighted by Gasteiger charge is 2.30. The highest BCUT2D eigenvalue weighted by Crippen LogP contribution is 2.33. The van der Waals surface area contributed by atoms with Gasteiger partial charge in [0.05, 0.1) is 29.3 Å². The van der Waals surface area contributed by atoms with Gasteiger partial charge in [-0.3, -0.25) is 4.79 Å². The van der Waals surface area contributed by atoms with E-state index in [0.717, 1.165) is 23.5 Å². The molecule has 0 aliphatic rings. The molecule has 32 heavy (non-hydrogen) atoms. The van der Waals surface area contributed by atoms with E-state index >= 15 is 0 Å². The summed E-state index contributed by atoms with van der Waals surface area (Å²) >= 11 is 1.08. The van der Waals surface area contributed by atoms with E-state index in [9.17, 15) is 23.1 Å². The second-order valence-electron chi connectivity index (χ2n) is 6.81. The Hall–Kier alpha value is -3.79. The number of nitrogens with one attached hydrogen (secondary N) is 1. The second kappa shape index (κ2) is 8.39. The molecule has 10 heteroatoms. The lowest BCUT2D eigenvalue weighted by molar-refractivity contribution is -0.137. The summed E-state index contributed by atoms with van der Waals surface area (Å²) in [6, 6.07) is 11.1. The van der Waals surface area contributed by atoms with Gasteiger partial charge in [0.1, 0.15) is 15.6 Å². The van der Waals surface area contributed by atoms with Crippen LogP contribution in [0.3, 0.4) is 0 Å². The summed E-state index contributed by atoms with van der Waals surface area (Å²) in [7, 11) is 0. The normalized spacial score (nSPS) is 11.4. The zero-order chi connectivity index (χ0) is 22.9. The molecule has 0 radical (unpaired) electrons. The van der Waals surface area contributed by atoms with Gasteiger partial charge < -0.3 is 10.4 Å². The third kappa shape index (κ3) is 4.59. The number of nitrogens with zero attached hydrogens (tertiary/aromatic N) is 3. The van der Waals surface area contributed by atoms with Gasteiger partial charge in [-0.15, -0.1) is 11.3 Å². The molecule has 0 saturated heterocycles. The minimum atomic E-state index is -4.42. The molecule has 2 aromatic heterocycles. The lowest BCUT2D eigenvalue weighted by Crippen LogP contribution is -2.12. The molecule has 2 heterocycles. The van der Waals surface area contributed by atoms with Crippen molar-refractivity contribution < 1.29 is 23.1 Å². The highest BCUT2D eigenvalue weighted by molar-refractivity contribution is 7.17. The van der Waals surface area contributed by atoms with Crippen LogP contribution in [0.1, 0.15) is 20.9 Å². The van der Waals surface area contributed by atoms with Crippen molar-refractivity contribution in [2.45, 2.75) is 13.1 Å². The number of phenolic OH excluding ortho intramolecular Hbond substituents is 1. The molecule has 0 aliphatic heterocycles. The van der Waals surface area contributed by atoms with Crippen molar-refractivity contribution in [3.63, 3.8) is 0 Å². The Kier molecular flexibility index (Phi) is 5.62. The summed E-state index contributed by atoms with van der Waals surface area (Å²) in [5, 5.41) is 12.7. The van der Waals surface area contributed by atoms with Crippen LogP contribution in [-0.2, 0) is 6.18 Å². The average Bonchev–Trinajstić information content (AvgIpc) is 3.15. The molecule has 4 aromatic rings. The van der Waals surface area contributed by atoms with Gasteiger partial charge in [0, 0.05) is 11.1 Å². The molecule has 0 unspecified atom stereocenters. The minimum Gasteiger partial charge on any atom is -0.508 e. The fourth-order valence-electron chi connectivity index (χ4n) is 2.91. The van der Waals surface area contributed by atoms with Gasteiger partial charge in [-0.2, -0.15) is 13.2 Å². The van der Waals surface area contributed by atoms with Gasteiger partial charge in [0.25, 0.3) is 5.91 Å². The number of hydrogen-bond donors (Lipinski definition) is 2. The summed E-state index contributed by atoms with van der Waals surface area (Å²) in [5.74, 6) is 0.0531. The first kappa shape index (κ1) is 21.4. The van der Waals surface area contributed by atoms with Gasteiger partial charge in [-0.05, 0) is 31.2 Å². The van der Waals surface area contributed by atoms with Crippen molar-refractivity contribution in [3.05, 3.63) is 77.1 Å². The van der Waals surface area contributed by atoms with E-state index in [1.165, 1.54) is 36.7 Å². The summed E-state index contributed by atoms with van der Waals surface area (Å²) in [6.45, 7) is 1.65. The van der Waals surface area contributed by atoms with Crippen molar-refractivity contribution in [1.82, 2.24) is 15.0 Å². The predicted octanol–water partition coefficient (Wildman–Crippen LogP) is 5.55. The van der Waals surface area contributed by atoms with Gasteiger partial charge in [0.2, 0.25) is 0 Å². The van der Waals surface area contributed by atoms with Crippen molar-refractivity contribution in [2.24, 2.45) is 0 Å². The van der Waals surface area contributed by atoms with Crippen LogP contribution in [-0.4, -0.2) is 26.0 Å². The standard InChI is InChI=1S/C22H15F3N4O2S/c1-12-18(32-21(28-12)13-5-7-15(8-6-13)22(23,24)25)20(31)29-16-10-26-19(27-11-16)14-3-2-4-17(30)9-14/h2-11,30H,1H3,(H,29,31). The monoisotopic (exact) mass is 456 g/mol. The fourth-order valence-corrected chi connectivity index (χ4v) is 3.87. The Bertz CT molecular complexity index is 1270. The maximum Gasteiger partial charge on any atom is 0.416 e. The van der Waals surface area contributed by atoms with E-state index in [2.05, 4.69) is 20.3 Å². The van der Waals surface area contributed by atoms with Crippen LogP contribution in [0.5, 0.6) is 5.75 Å². The average molecular weight is 456 g/mol. The van der Waals surface area contributed by atoms with Crippen LogP contribution < -0.4 is 5.32 Å². The number of anilines is 1. The number of phenols is 1. The van der Waals surface area contributed by atoms with Crippen LogP contribution in [0, 0.1) is 6.92 Å².